The quantitative estimate of drug-likeness (QED) is 0.731. The smallest absolute Gasteiger partial charge is 0.263 e. The number of ether oxygens (including phenoxy) is 1. The summed E-state index contributed by atoms with van der Waals surface area (Å²) in [4.78, 5) is 29.7. The number of morpholine rings is 1. The Hall–Kier alpha value is -2.22. The van der Waals surface area contributed by atoms with Crippen molar-refractivity contribution in [1.29, 1.82) is 0 Å². The number of hydrogen-bond acceptors (Lipinski definition) is 4. The first-order valence-corrected chi connectivity index (χ1v) is 11.7. The average molecular weight is 429 g/mol. The van der Waals surface area contributed by atoms with E-state index >= 15 is 0 Å². The van der Waals surface area contributed by atoms with Crippen LogP contribution in [0.2, 0.25) is 0 Å². The van der Waals surface area contributed by atoms with Crippen LogP contribution in [-0.4, -0.2) is 62.7 Å². The summed E-state index contributed by atoms with van der Waals surface area (Å²) in [5, 5.41) is 5.24. The third-order valence-corrected chi connectivity index (χ3v) is 6.95. The Morgan fingerprint density at radius 1 is 1.10 bits per heavy atom. The first-order chi connectivity index (χ1) is 14.7. The van der Waals surface area contributed by atoms with Crippen LogP contribution in [0, 0.1) is 5.92 Å². The SMILES string of the molecule is O=C(N[C@@H](C[NH+]1CCOCC1)c1ccccc1)C1CCN(C(=O)c2cccs2)CC1. The van der Waals surface area contributed by atoms with E-state index in [0.717, 1.165) is 56.1 Å². The molecule has 0 bridgehead atoms. The van der Waals surface area contributed by atoms with Crippen LogP contribution >= 0.6 is 11.3 Å². The van der Waals surface area contributed by atoms with Crippen molar-refractivity contribution in [2.75, 3.05) is 45.9 Å². The lowest BCUT2D eigenvalue weighted by molar-refractivity contribution is -0.909. The predicted octanol–water partition coefficient (Wildman–Crippen LogP) is 1.37. The van der Waals surface area contributed by atoms with Crippen LogP contribution in [0.5, 0.6) is 0 Å². The highest BCUT2D eigenvalue weighted by Crippen LogP contribution is 2.22. The zero-order valence-corrected chi connectivity index (χ0v) is 18.0. The Labute approximate surface area is 181 Å². The number of quaternary nitrogens is 1. The van der Waals surface area contributed by atoms with Crippen LogP contribution < -0.4 is 10.2 Å². The maximum absolute atomic E-state index is 13.1. The number of carbonyl (C=O) groups excluding carboxylic acids is 2. The van der Waals surface area contributed by atoms with E-state index in [0.29, 0.717) is 13.1 Å². The molecule has 2 aromatic rings. The first kappa shape index (κ1) is 21.0. The highest BCUT2D eigenvalue weighted by molar-refractivity contribution is 7.12. The zero-order chi connectivity index (χ0) is 20.8. The Kier molecular flexibility index (Phi) is 7.15. The number of rotatable bonds is 6. The summed E-state index contributed by atoms with van der Waals surface area (Å²) < 4.78 is 5.48. The van der Waals surface area contributed by atoms with Gasteiger partial charge in [-0.15, -0.1) is 11.3 Å². The van der Waals surface area contributed by atoms with Gasteiger partial charge in [0.2, 0.25) is 5.91 Å². The molecule has 30 heavy (non-hydrogen) atoms. The molecule has 2 aliphatic heterocycles. The van der Waals surface area contributed by atoms with E-state index in [9.17, 15) is 9.59 Å². The fourth-order valence-corrected chi connectivity index (χ4v) is 4.97. The number of hydrogen-bond donors (Lipinski definition) is 2. The lowest BCUT2D eigenvalue weighted by Gasteiger charge is -2.33. The third-order valence-electron chi connectivity index (χ3n) is 6.10. The van der Waals surface area contributed by atoms with Crippen molar-refractivity contribution in [3.05, 3.63) is 58.3 Å². The topological polar surface area (TPSA) is 63.1 Å². The zero-order valence-electron chi connectivity index (χ0n) is 17.2. The lowest BCUT2D eigenvalue weighted by Crippen LogP contribution is -3.14. The fourth-order valence-electron chi connectivity index (χ4n) is 4.28. The molecule has 0 aliphatic carbocycles. The summed E-state index contributed by atoms with van der Waals surface area (Å²) in [5.74, 6) is 0.157. The van der Waals surface area contributed by atoms with Gasteiger partial charge >= 0.3 is 0 Å². The van der Waals surface area contributed by atoms with Gasteiger partial charge in [-0.3, -0.25) is 9.59 Å². The minimum Gasteiger partial charge on any atom is -0.370 e. The normalized spacial score (nSPS) is 19.4. The molecule has 160 valence electrons. The molecule has 0 radical (unpaired) electrons. The van der Waals surface area contributed by atoms with E-state index in [2.05, 4.69) is 17.4 Å². The van der Waals surface area contributed by atoms with Crippen LogP contribution in [0.4, 0.5) is 0 Å². The lowest BCUT2D eigenvalue weighted by atomic mass is 9.94. The monoisotopic (exact) mass is 428 g/mol. The molecule has 2 aliphatic rings. The van der Waals surface area contributed by atoms with Crippen LogP contribution in [0.15, 0.2) is 47.8 Å². The summed E-state index contributed by atoms with van der Waals surface area (Å²) in [7, 11) is 0. The molecule has 2 N–H and O–H groups in total. The van der Waals surface area contributed by atoms with Gasteiger partial charge in [0.25, 0.3) is 5.91 Å². The Morgan fingerprint density at radius 3 is 2.50 bits per heavy atom. The number of carbonyl (C=O) groups is 2. The molecule has 6 nitrogen and oxygen atoms in total. The predicted molar refractivity (Wildman–Crippen MR) is 117 cm³/mol. The van der Waals surface area contributed by atoms with Crippen LogP contribution in [-0.2, 0) is 9.53 Å². The molecule has 2 saturated heterocycles. The third kappa shape index (κ3) is 5.28. The van der Waals surface area contributed by atoms with Crippen LogP contribution in [0.3, 0.4) is 0 Å². The van der Waals surface area contributed by atoms with Crippen LogP contribution in [0.25, 0.3) is 0 Å². The van der Waals surface area contributed by atoms with Gasteiger partial charge in [-0.1, -0.05) is 36.4 Å². The molecular formula is C23H30N3O3S+. The van der Waals surface area contributed by atoms with Crippen molar-refractivity contribution >= 4 is 23.2 Å². The van der Waals surface area contributed by atoms with Gasteiger partial charge in [0, 0.05) is 19.0 Å². The molecule has 0 saturated carbocycles. The standard InChI is InChI=1S/C23H29N3O3S/c27-22(19-8-10-26(11-9-19)23(28)21-7-4-16-30-21)24-20(18-5-2-1-3-6-18)17-25-12-14-29-15-13-25/h1-7,16,19-20H,8-15,17H2,(H,24,27)/p+1/t20-/m0/s1. The van der Waals surface area contributed by atoms with Crippen molar-refractivity contribution < 1.29 is 19.2 Å². The minimum absolute atomic E-state index is 0.00224. The molecule has 2 fully saturated rings. The molecule has 7 heteroatoms. The van der Waals surface area contributed by atoms with Crippen molar-refractivity contribution in [1.82, 2.24) is 10.2 Å². The van der Waals surface area contributed by atoms with Gasteiger partial charge in [0.15, 0.2) is 0 Å². The number of benzene rings is 1. The van der Waals surface area contributed by atoms with Gasteiger partial charge in [-0.2, -0.15) is 0 Å². The first-order valence-electron chi connectivity index (χ1n) is 10.8. The summed E-state index contributed by atoms with van der Waals surface area (Å²) in [6, 6.07) is 14.0. The van der Waals surface area contributed by atoms with E-state index < -0.39 is 0 Å². The highest BCUT2D eigenvalue weighted by Gasteiger charge is 2.30. The summed E-state index contributed by atoms with van der Waals surface area (Å²) in [6.45, 7) is 5.65. The number of likely N-dealkylation sites (tertiary alicyclic amines) is 1. The average Bonchev–Trinajstić information content (AvgIpc) is 3.34. The molecule has 2 amide bonds. The van der Waals surface area contributed by atoms with E-state index in [4.69, 9.17) is 4.74 Å². The minimum atomic E-state index is -0.0386. The van der Waals surface area contributed by atoms with E-state index in [-0.39, 0.29) is 23.8 Å². The van der Waals surface area contributed by atoms with Gasteiger partial charge < -0.3 is 19.9 Å². The van der Waals surface area contributed by atoms with E-state index in [1.807, 2.05) is 40.6 Å². The number of piperidine rings is 1. The molecule has 4 rings (SSSR count). The second-order valence-corrected chi connectivity index (χ2v) is 9.03. The van der Waals surface area contributed by atoms with E-state index in [1.54, 1.807) is 0 Å². The largest absolute Gasteiger partial charge is 0.370 e. The number of nitrogens with one attached hydrogen (secondary N) is 2. The molecule has 0 spiro atoms. The summed E-state index contributed by atoms with van der Waals surface area (Å²) in [5.41, 5.74) is 1.15. The molecule has 1 aromatic carbocycles. The van der Waals surface area contributed by atoms with Crippen molar-refractivity contribution in [2.24, 2.45) is 5.92 Å². The molecule has 1 atom stereocenters. The Bertz CT molecular complexity index is 813. The van der Waals surface area contributed by atoms with Crippen molar-refractivity contribution in [2.45, 2.75) is 18.9 Å². The van der Waals surface area contributed by atoms with Crippen molar-refractivity contribution in [3.8, 4) is 0 Å². The highest BCUT2D eigenvalue weighted by atomic mass is 32.1. The van der Waals surface area contributed by atoms with Crippen LogP contribution in [0.1, 0.15) is 34.1 Å². The number of nitrogens with zero attached hydrogens (tertiary/aromatic N) is 1. The molecular weight excluding hydrogens is 398 g/mol. The molecule has 3 heterocycles. The molecule has 0 unspecified atom stereocenters. The van der Waals surface area contributed by atoms with Gasteiger partial charge in [0.05, 0.1) is 18.1 Å². The maximum atomic E-state index is 13.1. The van der Waals surface area contributed by atoms with Crippen molar-refractivity contribution in [3.63, 3.8) is 0 Å². The summed E-state index contributed by atoms with van der Waals surface area (Å²) >= 11 is 1.47. The van der Waals surface area contributed by atoms with Gasteiger partial charge in [-0.05, 0) is 29.9 Å². The summed E-state index contributed by atoms with van der Waals surface area (Å²) in [6.07, 6.45) is 1.43. The Morgan fingerprint density at radius 2 is 1.83 bits per heavy atom. The van der Waals surface area contributed by atoms with Gasteiger partial charge in [0.1, 0.15) is 25.7 Å². The van der Waals surface area contributed by atoms with E-state index in [1.165, 1.54) is 16.2 Å². The second-order valence-electron chi connectivity index (χ2n) is 8.08. The second kappa shape index (κ2) is 10.2. The maximum Gasteiger partial charge on any atom is 0.263 e. The fraction of sp³-hybridized carbons (Fsp3) is 0.478. The number of amides is 2. The van der Waals surface area contributed by atoms with Gasteiger partial charge in [-0.25, -0.2) is 0 Å². The Balaban J connectivity index is 1.35. The number of thiophene rings is 1. The molecule has 1 aromatic heterocycles.